The zero-order valence-corrected chi connectivity index (χ0v) is 19.2. The molecule has 0 nitrogen and oxygen atoms in total. The molecule has 158 valence electrons. The quantitative estimate of drug-likeness (QED) is 0.352. The lowest BCUT2D eigenvalue weighted by Crippen LogP contribution is -1.94. The van der Waals surface area contributed by atoms with Crippen LogP contribution >= 0.6 is 0 Å². The molecule has 0 bridgehead atoms. The molecule has 0 saturated heterocycles. The third kappa shape index (κ3) is 5.85. The maximum absolute atomic E-state index is 2.39. The number of benzene rings is 3. The molecule has 0 N–H and O–H groups in total. The lowest BCUT2D eigenvalue weighted by atomic mass is 9.95. The number of aryl methyl sites for hydroxylation is 2. The van der Waals surface area contributed by atoms with Crippen molar-refractivity contribution in [2.24, 2.45) is 0 Å². The molecule has 0 aromatic heterocycles. The van der Waals surface area contributed by atoms with Crippen LogP contribution in [-0.4, -0.2) is 0 Å². The maximum atomic E-state index is 2.39. The lowest BCUT2D eigenvalue weighted by Gasteiger charge is -2.10. The van der Waals surface area contributed by atoms with Crippen LogP contribution in [0.1, 0.15) is 72.4 Å². The van der Waals surface area contributed by atoms with E-state index in [2.05, 4.69) is 106 Å². The summed E-state index contributed by atoms with van der Waals surface area (Å²) in [5.41, 5.74) is 11.4. The first kappa shape index (κ1) is 21.4. The molecule has 0 radical (unpaired) electrons. The normalized spacial score (nSPS) is 13.4. The Bertz CT molecular complexity index is 1080. The highest BCUT2D eigenvalue weighted by Crippen LogP contribution is 2.31. The van der Waals surface area contributed by atoms with Crippen molar-refractivity contribution in [3.63, 3.8) is 0 Å². The zero-order chi connectivity index (χ0) is 21.6. The highest BCUT2D eigenvalue weighted by molar-refractivity contribution is 5.72. The second kappa shape index (κ2) is 9.96. The molecule has 0 spiro atoms. The van der Waals surface area contributed by atoms with E-state index in [1.165, 1.54) is 51.8 Å². The standard InChI is InChI=1S/C31H34/c1-23(2)29-11-5-9-27(21-29)19-28-10-6-12-30(22-28)31-18-17-26(20-31)8-4-7-25-15-13-24(3)14-16-25/h5-6,9-18,21-23H,4,7-8,19-20H2,1-3H3. The van der Waals surface area contributed by atoms with Crippen molar-refractivity contribution >= 4 is 5.57 Å². The van der Waals surface area contributed by atoms with Gasteiger partial charge in [-0.05, 0) is 78.3 Å². The van der Waals surface area contributed by atoms with E-state index in [1.54, 1.807) is 5.57 Å². The van der Waals surface area contributed by atoms with Gasteiger partial charge in [-0.25, -0.2) is 0 Å². The highest BCUT2D eigenvalue weighted by Gasteiger charge is 2.11. The molecule has 0 atom stereocenters. The Morgan fingerprint density at radius 2 is 1.48 bits per heavy atom. The van der Waals surface area contributed by atoms with E-state index in [-0.39, 0.29) is 0 Å². The monoisotopic (exact) mass is 406 g/mol. The average Bonchev–Trinajstić information content (AvgIpc) is 3.25. The minimum atomic E-state index is 0.574. The molecule has 4 rings (SSSR count). The van der Waals surface area contributed by atoms with Crippen molar-refractivity contribution in [2.45, 2.75) is 58.8 Å². The van der Waals surface area contributed by atoms with Gasteiger partial charge >= 0.3 is 0 Å². The van der Waals surface area contributed by atoms with E-state index in [0.717, 1.165) is 19.3 Å². The molecule has 0 heteroatoms. The summed E-state index contributed by atoms with van der Waals surface area (Å²) >= 11 is 0. The minimum absolute atomic E-state index is 0.574. The van der Waals surface area contributed by atoms with Gasteiger partial charge in [0.15, 0.2) is 0 Å². The van der Waals surface area contributed by atoms with Crippen LogP contribution in [0.3, 0.4) is 0 Å². The van der Waals surface area contributed by atoms with Crippen LogP contribution in [0.5, 0.6) is 0 Å². The van der Waals surface area contributed by atoms with Crippen molar-refractivity contribution in [1.82, 2.24) is 0 Å². The predicted molar refractivity (Wildman–Crippen MR) is 135 cm³/mol. The van der Waals surface area contributed by atoms with Crippen molar-refractivity contribution in [2.75, 3.05) is 0 Å². The van der Waals surface area contributed by atoms with E-state index in [9.17, 15) is 0 Å². The smallest absolute Gasteiger partial charge is 0.00255 e. The molecular formula is C31H34. The molecular weight excluding hydrogens is 372 g/mol. The lowest BCUT2D eigenvalue weighted by molar-refractivity contribution is 0.803. The van der Waals surface area contributed by atoms with Crippen LogP contribution in [-0.2, 0) is 12.8 Å². The van der Waals surface area contributed by atoms with Crippen LogP contribution in [0, 0.1) is 6.92 Å². The second-order valence-electron chi connectivity index (χ2n) is 9.31. The van der Waals surface area contributed by atoms with Crippen LogP contribution in [0.25, 0.3) is 5.57 Å². The Morgan fingerprint density at radius 3 is 2.26 bits per heavy atom. The van der Waals surface area contributed by atoms with Gasteiger partial charge in [0.1, 0.15) is 0 Å². The van der Waals surface area contributed by atoms with Crippen molar-refractivity contribution in [3.05, 3.63) is 124 Å². The largest absolute Gasteiger partial charge is 0.0658 e. The van der Waals surface area contributed by atoms with Gasteiger partial charge in [-0.1, -0.05) is 110 Å². The first-order chi connectivity index (χ1) is 15.1. The fraction of sp³-hybridized carbons (Fsp3) is 0.290. The fourth-order valence-corrected chi connectivity index (χ4v) is 4.40. The zero-order valence-electron chi connectivity index (χ0n) is 19.2. The number of rotatable bonds is 8. The van der Waals surface area contributed by atoms with Gasteiger partial charge in [0, 0.05) is 0 Å². The summed E-state index contributed by atoms with van der Waals surface area (Å²) in [6, 6.07) is 27.1. The van der Waals surface area contributed by atoms with Gasteiger partial charge in [-0.15, -0.1) is 0 Å². The highest BCUT2D eigenvalue weighted by atomic mass is 14.2. The molecule has 0 fully saturated rings. The average molecular weight is 407 g/mol. The van der Waals surface area contributed by atoms with Crippen molar-refractivity contribution < 1.29 is 0 Å². The molecule has 1 aliphatic rings. The Kier molecular flexibility index (Phi) is 6.87. The topological polar surface area (TPSA) is 0 Å². The van der Waals surface area contributed by atoms with E-state index < -0.39 is 0 Å². The van der Waals surface area contributed by atoms with E-state index in [1.807, 2.05) is 0 Å². The molecule has 0 heterocycles. The summed E-state index contributed by atoms with van der Waals surface area (Å²) in [6.07, 6.45) is 10.4. The summed E-state index contributed by atoms with van der Waals surface area (Å²) in [5.74, 6) is 0.574. The summed E-state index contributed by atoms with van der Waals surface area (Å²) < 4.78 is 0. The number of hydrogen-bond acceptors (Lipinski definition) is 0. The third-order valence-electron chi connectivity index (χ3n) is 6.35. The first-order valence-electron chi connectivity index (χ1n) is 11.7. The summed E-state index contributed by atoms with van der Waals surface area (Å²) in [7, 11) is 0. The molecule has 0 amide bonds. The van der Waals surface area contributed by atoms with Gasteiger partial charge in [0.05, 0.1) is 0 Å². The Balaban J connectivity index is 1.32. The predicted octanol–water partition coefficient (Wildman–Crippen LogP) is 8.45. The minimum Gasteiger partial charge on any atom is -0.0658 e. The van der Waals surface area contributed by atoms with Crippen LogP contribution in [0.4, 0.5) is 0 Å². The fourth-order valence-electron chi connectivity index (χ4n) is 4.40. The second-order valence-corrected chi connectivity index (χ2v) is 9.31. The molecule has 3 aromatic carbocycles. The van der Waals surface area contributed by atoms with Crippen LogP contribution < -0.4 is 0 Å². The summed E-state index contributed by atoms with van der Waals surface area (Å²) in [6.45, 7) is 6.67. The molecule has 0 unspecified atom stereocenters. The number of hydrogen-bond donors (Lipinski definition) is 0. The van der Waals surface area contributed by atoms with Crippen LogP contribution in [0.15, 0.2) is 90.5 Å². The van der Waals surface area contributed by atoms with Crippen molar-refractivity contribution in [3.8, 4) is 0 Å². The third-order valence-corrected chi connectivity index (χ3v) is 6.35. The van der Waals surface area contributed by atoms with Gasteiger partial charge in [-0.2, -0.15) is 0 Å². The molecule has 31 heavy (non-hydrogen) atoms. The Hall–Kier alpha value is -2.86. The van der Waals surface area contributed by atoms with Crippen LogP contribution in [0.2, 0.25) is 0 Å². The van der Waals surface area contributed by atoms with E-state index in [0.29, 0.717) is 5.92 Å². The van der Waals surface area contributed by atoms with E-state index in [4.69, 9.17) is 0 Å². The molecule has 1 aliphatic carbocycles. The maximum Gasteiger partial charge on any atom is -0.00255 e. The molecule has 0 saturated carbocycles. The summed E-state index contributed by atoms with van der Waals surface area (Å²) in [5, 5.41) is 0. The summed E-state index contributed by atoms with van der Waals surface area (Å²) in [4.78, 5) is 0. The van der Waals surface area contributed by atoms with Crippen molar-refractivity contribution in [1.29, 1.82) is 0 Å². The molecule has 3 aromatic rings. The molecule has 0 aliphatic heterocycles. The Labute approximate surface area is 188 Å². The van der Waals surface area contributed by atoms with Gasteiger partial charge in [-0.3, -0.25) is 0 Å². The SMILES string of the molecule is Cc1ccc(CCCC2=CC=C(c3cccc(Cc4cccc(C(C)C)c4)c3)C2)cc1. The van der Waals surface area contributed by atoms with Gasteiger partial charge in [0.25, 0.3) is 0 Å². The first-order valence-corrected chi connectivity index (χ1v) is 11.7. The Morgan fingerprint density at radius 1 is 0.742 bits per heavy atom. The van der Waals surface area contributed by atoms with Gasteiger partial charge < -0.3 is 0 Å². The van der Waals surface area contributed by atoms with Gasteiger partial charge in [0.2, 0.25) is 0 Å². The number of allylic oxidation sites excluding steroid dienone is 4. The van der Waals surface area contributed by atoms with E-state index >= 15 is 0 Å².